The predicted octanol–water partition coefficient (Wildman–Crippen LogP) is 2.17. The van der Waals surface area contributed by atoms with Crippen molar-refractivity contribution in [3.05, 3.63) is 23.8 Å². The minimum Gasteiger partial charge on any atom is -0.450 e. The lowest BCUT2D eigenvalue weighted by molar-refractivity contribution is 0.0983. The molecular formula is C15H20N4O2. The first-order chi connectivity index (χ1) is 10.1. The van der Waals surface area contributed by atoms with Gasteiger partial charge >= 0.3 is 6.09 Å². The van der Waals surface area contributed by atoms with Crippen LogP contribution < -0.4 is 11.1 Å². The number of nitrogens with zero attached hydrogens (tertiary/aromatic N) is 2. The molecule has 112 valence electrons. The predicted molar refractivity (Wildman–Crippen MR) is 80.8 cm³/mol. The fraction of sp³-hybridized carbons (Fsp3) is 0.467. The van der Waals surface area contributed by atoms with Crippen LogP contribution in [-0.2, 0) is 4.74 Å². The number of likely N-dealkylation sites (tertiary alicyclic amines) is 1. The van der Waals surface area contributed by atoms with Gasteiger partial charge in [-0.2, -0.15) is 5.26 Å². The van der Waals surface area contributed by atoms with Crippen LogP contribution in [0.1, 0.15) is 25.3 Å². The van der Waals surface area contributed by atoms with E-state index in [4.69, 9.17) is 15.7 Å². The molecule has 1 amide bonds. The Morgan fingerprint density at radius 3 is 2.81 bits per heavy atom. The van der Waals surface area contributed by atoms with Crippen LogP contribution in [-0.4, -0.2) is 36.7 Å². The third-order valence-electron chi connectivity index (χ3n) is 3.56. The van der Waals surface area contributed by atoms with Crippen molar-refractivity contribution in [2.24, 2.45) is 0 Å². The molecule has 2 rings (SSSR count). The van der Waals surface area contributed by atoms with E-state index in [1.807, 2.05) is 19.1 Å². The number of rotatable bonds is 3. The van der Waals surface area contributed by atoms with Gasteiger partial charge in [-0.3, -0.25) is 0 Å². The van der Waals surface area contributed by atoms with E-state index < -0.39 is 0 Å². The fourth-order valence-corrected chi connectivity index (χ4v) is 2.41. The van der Waals surface area contributed by atoms with E-state index in [-0.39, 0.29) is 6.09 Å². The summed E-state index contributed by atoms with van der Waals surface area (Å²) in [6.45, 7) is 3.58. The molecule has 0 radical (unpaired) electrons. The molecule has 6 heteroatoms. The molecule has 3 N–H and O–H groups in total. The Morgan fingerprint density at radius 2 is 2.24 bits per heavy atom. The van der Waals surface area contributed by atoms with E-state index in [1.54, 1.807) is 17.0 Å². The molecule has 1 aliphatic heterocycles. The second-order valence-corrected chi connectivity index (χ2v) is 5.02. The van der Waals surface area contributed by atoms with Crippen molar-refractivity contribution in [1.82, 2.24) is 4.90 Å². The molecule has 0 spiro atoms. The zero-order chi connectivity index (χ0) is 15.2. The standard InChI is InChI=1S/C15H20N4O2/c1-2-21-15(20)19-7-5-12(6-8-19)18-13-4-3-11(10-16)14(17)9-13/h3-4,9,12,18H,2,5-8,17H2,1H3. The zero-order valence-electron chi connectivity index (χ0n) is 12.1. The third kappa shape index (κ3) is 3.78. The number of ether oxygens (including phenoxy) is 1. The number of anilines is 2. The van der Waals surface area contributed by atoms with Gasteiger partial charge < -0.3 is 20.7 Å². The third-order valence-corrected chi connectivity index (χ3v) is 3.56. The lowest BCUT2D eigenvalue weighted by Crippen LogP contribution is -2.42. The highest BCUT2D eigenvalue weighted by molar-refractivity contribution is 5.67. The second-order valence-electron chi connectivity index (χ2n) is 5.02. The molecular weight excluding hydrogens is 268 g/mol. The van der Waals surface area contributed by atoms with Crippen LogP contribution in [0.4, 0.5) is 16.2 Å². The number of carbonyl (C=O) groups excluding carboxylic acids is 1. The van der Waals surface area contributed by atoms with Gasteiger partial charge in [0, 0.05) is 24.8 Å². The first-order valence-electron chi connectivity index (χ1n) is 7.12. The number of benzene rings is 1. The van der Waals surface area contributed by atoms with Crippen LogP contribution in [0.5, 0.6) is 0 Å². The van der Waals surface area contributed by atoms with Gasteiger partial charge in [0.2, 0.25) is 0 Å². The number of piperidine rings is 1. The average Bonchev–Trinajstić information content (AvgIpc) is 2.48. The summed E-state index contributed by atoms with van der Waals surface area (Å²) in [5.74, 6) is 0. The summed E-state index contributed by atoms with van der Waals surface area (Å²) in [4.78, 5) is 13.3. The molecule has 1 heterocycles. The first-order valence-corrected chi connectivity index (χ1v) is 7.12. The smallest absolute Gasteiger partial charge is 0.409 e. The Labute approximate surface area is 124 Å². The van der Waals surface area contributed by atoms with Crippen molar-refractivity contribution in [3.8, 4) is 6.07 Å². The highest BCUT2D eigenvalue weighted by atomic mass is 16.6. The maximum atomic E-state index is 11.6. The Bertz CT molecular complexity index is 545. The first kappa shape index (κ1) is 15.0. The maximum absolute atomic E-state index is 11.6. The monoisotopic (exact) mass is 288 g/mol. The number of nitrogens with two attached hydrogens (primary N) is 1. The second kappa shape index (κ2) is 6.84. The summed E-state index contributed by atoms with van der Waals surface area (Å²) in [7, 11) is 0. The number of hydrogen-bond donors (Lipinski definition) is 2. The highest BCUT2D eigenvalue weighted by Crippen LogP contribution is 2.21. The van der Waals surface area contributed by atoms with Gasteiger partial charge in [-0.25, -0.2) is 4.79 Å². The van der Waals surface area contributed by atoms with E-state index in [1.165, 1.54) is 0 Å². The molecule has 0 atom stereocenters. The number of nitrogens with one attached hydrogen (secondary N) is 1. The van der Waals surface area contributed by atoms with Gasteiger partial charge in [0.1, 0.15) is 6.07 Å². The molecule has 0 bridgehead atoms. The van der Waals surface area contributed by atoms with E-state index in [0.717, 1.165) is 18.5 Å². The van der Waals surface area contributed by atoms with Crippen LogP contribution in [0.25, 0.3) is 0 Å². The largest absolute Gasteiger partial charge is 0.450 e. The summed E-state index contributed by atoms with van der Waals surface area (Å²) in [6.07, 6.45) is 1.48. The van der Waals surface area contributed by atoms with Crippen molar-refractivity contribution in [3.63, 3.8) is 0 Å². The van der Waals surface area contributed by atoms with E-state index in [9.17, 15) is 4.79 Å². The van der Waals surface area contributed by atoms with Gasteiger partial charge in [0.15, 0.2) is 0 Å². The molecule has 0 aliphatic carbocycles. The molecule has 0 saturated carbocycles. The summed E-state index contributed by atoms with van der Waals surface area (Å²) in [5, 5.41) is 12.3. The summed E-state index contributed by atoms with van der Waals surface area (Å²) < 4.78 is 5.00. The van der Waals surface area contributed by atoms with Crippen molar-refractivity contribution < 1.29 is 9.53 Å². The highest BCUT2D eigenvalue weighted by Gasteiger charge is 2.23. The normalized spacial score (nSPS) is 15.3. The van der Waals surface area contributed by atoms with Crippen molar-refractivity contribution in [1.29, 1.82) is 5.26 Å². The van der Waals surface area contributed by atoms with Crippen LogP contribution in [0, 0.1) is 11.3 Å². The van der Waals surface area contributed by atoms with Crippen molar-refractivity contribution in [2.75, 3.05) is 30.7 Å². The van der Waals surface area contributed by atoms with Crippen molar-refractivity contribution >= 4 is 17.5 Å². The van der Waals surface area contributed by atoms with E-state index >= 15 is 0 Å². The SMILES string of the molecule is CCOC(=O)N1CCC(Nc2ccc(C#N)c(N)c2)CC1. The topological polar surface area (TPSA) is 91.4 Å². The fourth-order valence-electron chi connectivity index (χ4n) is 2.41. The zero-order valence-corrected chi connectivity index (χ0v) is 12.1. The molecule has 1 fully saturated rings. The van der Waals surface area contributed by atoms with Crippen LogP contribution in [0.15, 0.2) is 18.2 Å². The van der Waals surface area contributed by atoms with Gasteiger partial charge in [-0.1, -0.05) is 0 Å². The minimum absolute atomic E-state index is 0.237. The Balaban J connectivity index is 1.88. The molecule has 6 nitrogen and oxygen atoms in total. The van der Waals surface area contributed by atoms with Crippen LogP contribution in [0.2, 0.25) is 0 Å². The minimum atomic E-state index is -0.237. The molecule has 1 saturated heterocycles. The molecule has 21 heavy (non-hydrogen) atoms. The quantitative estimate of drug-likeness (QED) is 0.832. The summed E-state index contributed by atoms with van der Waals surface area (Å²) in [5.41, 5.74) is 7.67. The number of nitrogen functional groups attached to an aromatic ring is 1. The summed E-state index contributed by atoms with van der Waals surface area (Å²) in [6, 6.07) is 7.68. The van der Waals surface area contributed by atoms with Gasteiger partial charge in [0.25, 0.3) is 0 Å². The van der Waals surface area contributed by atoms with E-state index in [0.29, 0.717) is 37.0 Å². The van der Waals surface area contributed by atoms with E-state index in [2.05, 4.69) is 5.32 Å². The number of amides is 1. The molecule has 1 aromatic rings. The average molecular weight is 288 g/mol. The van der Waals surface area contributed by atoms with Gasteiger partial charge in [0.05, 0.1) is 17.9 Å². The number of carbonyl (C=O) groups is 1. The number of hydrogen-bond acceptors (Lipinski definition) is 5. The Morgan fingerprint density at radius 1 is 1.52 bits per heavy atom. The molecule has 0 aromatic heterocycles. The lowest BCUT2D eigenvalue weighted by Gasteiger charge is -2.32. The molecule has 1 aromatic carbocycles. The van der Waals surface area contributed by atoms with Crippen LogP contribution >= 0.6 is 0 Å². The maximum Gasteiger partial charge on any atom is 0.409 e. The Kier molecular flexibility index (Phi) is 4.88. The molecule has 0 unspecified atom stereocenters. The lowest BCUT2D eigenvalue weighted by atomic mass is 10.0. The van der Waals surface area contributed by atoms with Gasteiger partial charge in [-0.05, 0) is 38.0 Å². The summed E-state index contributed by atoms with van der Waals surface area (Å²) >= 11 is 0. The van der Waals surface area contributed by atoms with Crippen LogP contribution in [0.3, 0.4) is 0 Å². The van der Waals surface area contributed by atoms with Gasteiger partial charge in [-0.15, -0.1) is 0 Å². The number of nitriles is 1. The molecule has 1 aliphatic rings. The van der Waals surface area contributed by atoms with Crippen molar-refractivity contribution in [2.45, 2.75) is 25.8 Å². The Hall–Kier alpha value is -2.42.